The largest absolute Gasteiger partial charge is 0.489 e. The smallest absolute Gasteiger partial charge is 0.305 e. The van der Waals surface area contributed by atoms with E-state index in [1.807, 2.05) is 54.7 Å². The van der Waals surface area contributed by atoms with E-state index in [4.69, 9.17) is 9.47 Å². The minimum Gasteiger partial charge on any atom is -0.489 e. The number of methoxy groups -OCH3 is 1. The number of aromatic nitrogens is 1. The zero-order valence-corrected chi connectivity index (χ0v) is 13.0. The van der Waals surface area contributed by atoms with Gasteiger partial charge in [-0.15, -0.1) is 0 Å². The zero-order chi connectivity index (χ0) is 16.1. The van der Waals surface area contributed by atoms with E-state index in [0.717, 1.165) is 27.8 Å². The fourth-order valence-corrected chi connectivity index (χ4v) is 2.53. The normalized spacial score (nSPS) is 10.7. The van der Waals surface area contributed by atoms with Crippen molar-refractivity contribution in [2.24, 2.45) is 0 Å². The molecule has 0 fully saturated rings. The number of carbonyl (C=O) groups is 1. The van der Waals surface area contributed by atoms with E-state index in [9.17, 15) is 4.79 Å². The van der Waals surface area contributed by atoms with Gasteiger partial charge in [0.05, 0.1) is 7.11 Å². The third-order valence-corrected chi connectivity index (χ3v) is 3.81. The third-order valence-electron chi connectivity index (χ3n) is 3.81. The Morgan fingerprint density at radius 1 is 1.13 bits per heavy atom. The monoisotopic (exact) mass is 309 g/mol. The summed E-state index contributed by atoms with van der Waals surface area (Å²) in [5.74, 6) is 0.621. The molecule has 1 N–H and O–H groups in total. The Labute approximate surface area is 135 Å². The zero-order valence-electron chi connectivity index (χ0n) is 13.0. The summed E-state index contributed by atoms with van der Waals surface area (Å²) in [5, 5.41) is 1.08. The minimum absolute atomic E-state index is 0.198. The van der Waals surface area contributed by atoms with Gasteiger partial charge in [-0.1, -0.05) is 30.3 Å². The van der Waals surface area contributed by atoms with Crippen molar-refractivity contribution in [1.82, 2.24) is 4.98 Å². The summed E-state index contributed by atoms with van der Waals surface area (Å²) >= 11 is 0. The van der Waals surface area contributed by atoms with Gasteiger partial charge in [-0.25, -0.2) is 0 Å². The van der Waals surface area contributed by atoms with Crippen LogP contribution < -0.4 is 4.74 Å². The van der Waals surface area contributed by atoms with Gasteiger partial charge < -0.3 is 14.5 Å². The molecule has 4 nitrogen and oxygen atoms in total. The van der Waals surface area contributed by atoms with Crippen molar-refractivity contribution < 1.29 is 14.3 Å². The molecule has 0 saturated heterocycles. The second-order valence-electron chi connectivity index (χ2n) is 5.37. The average Bonchev–Trinajstić information content (AvgIpc) is 3.01. The fraction of sp³-hybridized carbons (Fsp3) is 0.211. The summed E-state index contributed by atoms with van der Waals surface area (Å²) in [6.07, 6.45) is 2.96. The highest BCUT2D eigenvalue weighted by Crippen LogP contribution is 2.25. The number of hydrogen-bond donors (Lipinski definition) is 1. The maximum absolute atomic E-state index is 11.3. The predicted octanol–water partition coefficient (Wildman–Crippen LogP) is 3.85. The second kappa shape index (κ2) is 7.01. The first-order valence-electron chi connectivity index (χ1n) is 7.60. The lowest BCUT2D eigenvalue weighted by molar-refractivity contribution is -0.140. The highest BCUT2D eigenvalue weighted by Gasteiger charge is 2.08. The van der Waals surface area contributed by atoms with Crippen LogP contribution >= 0.6 is 0 Å². The molecule has 3 aromatic rings. The van der Waals surface area contributed by atoms with E-state index in [1.54, 1.807) is 0 Å². The first-order chi connectivity index (χ1) is 11.3. The third kappa shape index (κ3) is 3.72. The Hall–Kier alpha value is -2.75. The summed E-state index contributed by atoms with van der Waals surface area (Å²) < 4.78 is 10.6. The van der Waals surface area contributed by atoms with Crippen LogP contribution in [0.3, 0.4) is 0 Å². The molecule has 118 valence electrons. The van der Waals surface area contributed by atoms with E-state index >= 15 is 0 Å². The molecule has 0 aliphatic heterocycles. The molecule has 23 heavy (non-hydrogen) atoms. The molecule has 1 aromatic heterocycles. The quantitative estimate of drug-likeness (QED) is 0.704. The summed E-state index contributed by atoms with van der Waals surface area (Å²) in [4.78, 5) is 14.5. The number of carbonyl (C=O) groups excluding carboxylic acids is 1. The standard InChI is InChI=1S/C19H19NO3/c1-22-19(21)10-7-15-12-20-18-9-8-16(11-17(15)18)23-13-14-5-3-2-4-6-14/h2-6,8-9,11-12,20H,7,10,13H2,1H3. The highest BCUT2D eigenvalue weighted by atomic mass is 16.5. The molecular formula is C19H19NO3. The number of H-pyrrole nitrogens is 1. The molecule has 0 amide bonds. The van der Waals surface area contributed by atoms with Gasteiger partial charge in [0.15, 0.2) is 0 Å². The number of fused-ring (bicyclic) bond motifs is 1. The van der Waals surface area contributed by atoms with Gasteiger partial charge in [0.1, 0.15) is 12.4 Å². The lowest BCUT2D eigenvalue weighted by Gasteiger charge is -2.07. The number of benzene rings is 2. The lowest BCUT2D eigenvalue weighted by Crippen LogP contribution is -2.01. The predicted molar refractivity (Wildman–Crippen MR) is 89.4 cm³/mol. The van der Waals surface area contributed by atoms with Crippen molar-refractivity contribution in [1.29, 1.82) is 0 Å². The average molecular weight is 309 g/mol. The van der Waals surface area contributed by atoms with Crippen molar-refractivity contribution in [3.63, 3.8) is 0 Å². The molecule has 2 aromatic carbocycles. The Balaban J connectivity index is 1.73. The topological polar surface area (TPSA) is 51.3 Å². The fourth-order valence-electron chi connectivity index (χ4n) is 2.53. The molecule has 0 spiro atoms. The summed E-state index contributed by atoms with van der Waals surface area (Å²) in [6, 6.07) is 16.0. The number of nitrogens with one attached hydrogen (secondary N) is 1. The number of hydrogen-bond acceptors (Lipinski definition) is 3. The number of esters is 1. The number of rotatable bonds is 6. The molecule has 0 aliphatic carbocycles. The van der Waals surface area contributed by atoms with E-state index in [0.29, 0.717) is 19.4 Å². The van der Waals surface area contributed by atoms with E-state index in [-0.39, 0.29) is 5.97 Å². The molecule has 0 atom stereocenters. The Morgan fingerprint density at radius 3 is 2.74 bits per heavy atom. The van der Waals surface area contributed by atoms with Gasteiger partial charge >= 0.3 is 5.97 Å². The number of ether oxygens (including phenoxy) is 2. The van der Waals surface area contributed by atoms with Crippen molar-refractivity contribution in [2.45, 2.75) is 19.4 Å². The SMILES string of the molecule is COC(=O)CCc1c[nH]c2ccc(OCc3ccccc3)cc12. The van der Waals surface area contributed by atoms with E-state index in [2.05, 4.69) is 4.98 Å². The molecule has 0 radical (unpaired) electrons. The van der Waals surface area contributed by atoms with Crippen LogP contribution in [0.2, 0.25) is 0 Å². The van der Waals surface area contributed by atoms with Crippen molar-refractivity contribution >= 4 is 16.9 Å². The maximum Gasteiger partial charge on any atom is 0.305 e. The number of aromatic amines is 1. The van der Waals surface area contributed by atoms with Crippen molar-refractivity contribution in [3.8, 4) is 5.75 Å². The second-order valence-corrected chi connectivity index (χ2v) is 5.37. The van der Waals surface area contributed by atoms with Crippen LogP contribution in [-0.4, -0.2) is 18.1 Å². The van der Waals surface area contributed by atoms with Crippen LogP contribution in [-0.2, 0) is 22.6 Å². The van der Waals surface area contributed by atoms with Crippen LogP contribution in [0.1, 0.15) is 17.5 Å². The Morgan fingerprint density at radius 2 is 1.96 bits per heavy atom. The van der Waals surface area contributed by atoms with Gasteiger partial charge in [-0.2, -0.15) is 0 Å². The van der Waals surface area contributed by atoms with Crippen molar-refractivity contribution in [3.05, 3.63) is 65.9 Å². The van der Waals surface area contributed by atoms with Crippen LogP contribution in [0.5, 0.6) is 5.75 Å². The van der Waals surface area contributed by atoms with Crippen LogP contribution in [0.4, 0.5) is 0 Å². The first-order valence-corrected chi connectivity index (χ1v) is 7.60. The molecular weight excluding hydrogens is 290 g/mol. The molecule has 0 saturated carbocycles. The first kappa shape index (κ1) is 15.2. The molecule has 0 aliphatic rings. The lowest BCUT2D eigenvalue weighted by atomic mass is 10.1. The molecule has 4 heteroatoms. The Kier molecular flexibility index (Phi) is 4.62. The highest BCUT2D eigenvalue weighted by molar-refractivity contribution is 5.85. The van der Waals surface area contributed by atoms with Gasteiger partial charge in [-0.05, 0) is 35.7 Å². The summed E-state index contributed by atoms with van der Waals surface area (Å²) in [6.45, 7) is 0.536. The molecule has 0 bridgehead atoms. The van der Waals surface area contributed by atoms with Crippen LogP contribution in [0.25, 0.3) is 10.9 Å². The molecule has 3 rings (SSSR count). The van der Waals surface area contributed by atoms with E-state index < -0.39 is 0 Å². The van der Waals surface area contributed by atoms with Gasteiger partial charge in [0.25, 0.3) is 0 Å². The van der Waals surface area contributed by atoms with Gasteiger partial charge in [0.2, 0.25) is 0 Å². The molecule has 1 heterocycles. The minimum atomic E-state index is -0.198. The summed E-state index contributed by atoms with van der Waals surface area (Å²) in [7, 11) is 1.41. The molecule has 0 unspecified atom stereocenters. The van der Waals surface area contributed by atoms with Crippen LogP contribution in [0.15, 0.2) is 54.7 Å². The van der Waals surface area contributed by atoms with E-state index in [1.165, 1.54) is 7.11 Å². The van der Waals surface area contributed by atoms with Gasteiger partial charge in [0, 0.05) is 23.5 Å². The van der Waals surface area contributed by atoms with Crippen molar-refractivity contribution in [2.75, 3.05) is 7.11 Å². The maximum atomic E-state index is 11.3. The summed E-state index contributed by atoms with van der Waals surface area (Å²) in [5.41, 5.74) is 3.26. The Bertz CT molecular complexity index is 793. The number of aryl methyl sites for hydroxylation is 1. The van der Waals surface area contributed by atoms with Gasteiger partial charge in [-0.3, -0.25) is 4.79 Å². The van der Waals surface area contributed by atoms with Crippen LogP contribution in [0, 0.1) is 0 Å².